The molecule has 7 nitrogen and oxygen atoms in total. The SMILES string of the molecule is O=C1CCCN2CCN(CCC(=NC3CCCCC3)NC2=O)Cc2cccc(c2)CN1. The molecule has 0 radical (unpaired) electrons. The monoisotopic (exact) mass is 425 g/mol. The zero-order valence-electron chi connectivity index (χ0n) is 18.4. The second-order valence-corrected chi connectivity index (χ2v) is 9.01. The molecule has 1 aliphatic carbocycles. The van der Waals surface area contributed by atoms with E-state index in [1.165, 1.54) is 24.8 Å². The van der Waals surface area contributed by atoms with E-state index in [4.69, 9.17) is 4.99 Å². The predicted octanol–water partition coefficient (Wildman–Crippen LogP) is 3.05. The van der Waals surface area contributed by atoms with E-state index in [-0.39, 0.29) is 11.9 Å². The highest BCUT2D eigenvalue weighted by atomic mass is 16.2. The summed E-state index contributed by atoms with van der Waals surface area (Å²) in [6.45, 7) is 4.32. The van der Waals surface area contributed by atoms with Crippen molar-refractivity contribution in [2.45, 2.75) is 70.5 Å². The summed E-state index contributed by atoms with van der Waals surface area (Å²) >= 11 is 0. The molecule has 1 saturated heterocycles. The van der Waals surface area contributed by atoms with Gasteiger partial charge in [0, 0.05) is 52.1 Å². The molecule has 1 aromatic carbocycles. The first-order valence-electron chi connectivity index (χ1n) is 11.9. The fourth-order valence-electron chi connectivity index (χ4n) is 4.72. The van der Waals surface area contributed by atoms with Crippen molar-refractivity contribution < 1.29 is 9.59 Å². The van der Waals surface area contributed by atoms with E-state index in [0.717, 1.165) is 50.3 Å². The second-order valence-electron chi connectivity index (χ2n) is 9.01. The highest BCUT2D eigenvalue weighted by molar-refractivity contribution is 5.97. The Morgan fingerprint density at radius 1 is 0.903 bits per heavy atom. The first-order valence-corrected chi connectivity index (χ1v) is 11.9. The molecule has 168 valence electrons. The number of amidine groups is 1. The topological polar surface area (TPSA) is 77.0 Å². The third kappa shape index (κ3) is 6.53. The molecule has 2 fully saturated rings. The van der Waals surface area contributed by atoms with Gasteiger partial charge in [-0.3, -0.25) is 20.0 Å². The van der Waals surface area contributed by atoms with Crippen LogP contribution in [0.5, 0.6) is 0 Å². The quantitative estimate of drug-likeness (QED) is 0.726. The van der Waals surface area contributed by atoms with E-state index < -0.39 is 0 Å². The molecule has 3 amide bonds. The lowest BCUT2D eigenvalue weighted by molar-refractivity contribution is -0.121. The Balaban J connectivity index is 1.56. The molecule has 1 atom stereocenters. The first-order chi connectivity index (χ1) is 15.2. The van der Waals surface area contributed by atoms with Crippen molar-refractivity contribution in [1.82, 2.24) is 20.4 Å². The predicted molar refractivity (Wildman–Crippen MR) is 122 cm³/mol. The van der Waals surface area contributed by atoms with Gasteiger partial charge in [-0.1, -0.05) is 43.5 Å². The summed E-state index contributed by atoms with van der Waals surface area (Å²) in [5.74, 6) is 0.859. The maximum atomic E-state index is 13.0. The van der Waals surface area contributed by atoms with Gasteiger partial charge in [-0.15, -0.1) is 0 Å². The highest BCUT2D eigenvalue weighted by Gasteiger charge is 2.22. The molecular weight excluding hydrogens is 390 g/mol. The zero-order chi connectivity index (χ0) is 21.5. The first kappa shape index (κ1) is 21.8. The number of nitrogens with zero attached hydrogens (tertiary/aromatic N) is 3. The zero-order valence-corrected chi connectivity index (χ0v) is 18.4. The average molecular weight is 426 g/mol. The van der Waals surface area contributed by atoms with Crippen molar-refractivity contribution in [2.75, 3.05) is 26.2 Å². The minimum Gasteiger partial charge on any atom is -0.352 e. The smallest absolute Gasteiger partial charge is 0.322 e. The number of urea groups is 1. The van der Waals surface area contributed by atoms with E-state index in [2.05, 4.69) is 39.8 Å². The molecule has 1 saturated carbocycles. The minimum atomic E-state index is -0.0779. The van der Waals surface area contributed by atoms with Gasteiger partial charge < -0.3 is 10.2 Å². The third-order valence-corrected chi connectivity index (χ3v) is 6.52. The molecule has 0 aromatic heterocycles. The van der Waals surface area contributed by atoms with Crippen LogP contribution in [0.15, 0.2) is 29.3 Å². The molecule has 0 spiro atoms. The van der Waals surface area contributed by atoms with Crippen molar-refractivity contribution in [1.29, 1.82) is 0 Å². The van der Waals surface area contributed by atoms with Gasteiger partial charge >= 0.3 is 6.03 Å². The molecule has 4 rings (SSSR count). The summed E-state index contributed by atoms with van der Waals surface area (Å²) in [6.07, 6.45) is 7.84. The largest absolute Gasteiger partial charge is 0.352 e. The Morgan fingerprint density at radius 3 is 2.61 bits per heavy atom. The van der Waals surface area contributed by atoms with Gasteiger partial charge in [-0.2, -0.15) is 0 Å². The number of rotatable bonds is 1. The number of aliphatic imine (C=N–C) groups is 1. The maximum Gasteiger partial charge on any atom is 0.322 e. The molecule has 1 unspecified atom stereocenters. The molecule has 4 bridgehead atoms. The van der Waals surface area contributed by atoms with E-state index in [0.29, 0.717) is 38.5 Å². The average Bonchev–Trinajstić information content (AvgIpc) is 2.84. The van der Waals surface area contributed by atoms with Crippen LogP contribution in [0, 0.1) is 0 Å². The van der Waals surface area contributed by atoms with Gasteiger partial charge in [0.1, 0.15) is 5.84 Å². The number of hydrogen-bond donors (Lipinski definition) is 2. The van der Waals surface area contributed by atoms with Crippen molar-refractivity contribution >= 4 is 17.8 Å². The van der Waals surface area contributed by atoms with E-state index in [1.807, 2.05) is 4.90 Å². The van der Waals surface area contributed by atoms with Gasteiger partial charge in [0.05, 0.1) is 6.04 Å². The van der Waals surface area contributed by atoms with Crippen molar-refractivity contribution in [3.05, 3.63) is 35.4 Å². The van der Waals surface area contributed by atoms with Crippen LogP contribution in [0.3, 0.4) is 0 Å². The van der Waals surface area contributed by atoms with Crippen LogP contribution in [0.4, 0.5) is 4.79 Å². The lowest BCUT2D eigenvalue weighted by Gasteiger charge is -2.26. The molecular formula is C24H35N5O2. The minimum absolute atomic E-state index is 0.0355. The Hall–Kier alpha value is -2.41. The Kier molecular flexibility index (Phi) is 7.57. The van der Waals surface area contributed by atoms with Crippen LogP contribution >= 0.6 is 0 Å². The number of amides is 3. The third-order valence-electron chi connectivity index (χ3n) is 6.52. The van der Waals surface area contributed by atoms with Gasteiger partial charge in [0.25, 0.3) is 0 Å². The lowest BCUT2D eigenvalue weighted by atomic mass is 9.96. The number of carbonyl (C=O) groups is 2. The van der Waals surface area contributed by atoms with Gasteiger partial charge in [-0.25, -0.2) is 4.79 Å². The van der Waals surface area contributed by atoms with Gasteiger partial charge in [-0.05, 0) is 30.4 Å². The van der Waals surface area contributed by atoms with E-state index in [1.54, 1.807) is 0 Å². The molecule has 31 heavy (non-hydrogen) atoms. The van der Waals surface area contributed by atoms with E-state index >= 15 is 0 Å². The summed E-state index contributed by atoms with van der Waals surface area (Å²) in [5, 5.41) is 6.12. The molecule has 3 aliphatic rings. The Morgan fingerprint density at radius 2 is 1.74 bits per heavy atom. The number of benzene rings is 1. The Labute approximate surface area is 185 Å². The van der Waals surface area contributed by atoms with Crippen LogP contribution in [0.2, 0.25) is 0 Å². The van der Waals surface area contributed by atoms with Crippen LogP contribution in [0.1, 0.15) is 62.5 Å². The summed E-state index contributed by atoms with van der Waals surface area (Å²) in [7, 11) is 0. The van der Waals surface area contributed by atoms with Crippen LogP contribution in [-0.4, -0.2) is 59.8 Å². The van der Waals surface area contributed by atoms with Crippen LogP contribution in [0.25, 0.3) is 0 Å². The molecule has 2 aliphatic heterocycles. The number of nitrogens with one attached hydrogen (secondary N) is 2. The second kappa shape index (κ2) is 10.8. The van der Waals surface area contributed by atoms with Crippen molar-refractivity contribution in [2.24, 2.45) is 4.99 Å². The molecule has 1 aromatic rings. The van der Waals surface area contributed by atoms with Gasteiger partial charge in [0.2, 0.25) is 5.91 Å². The summed E-state index contributed by atoms with van der Waals surface area (Å²) in [4.78, 5) is 34.5. The fourth-order valence-corrected chi connectivity index (χ4v) is 4.72. The maximum absolute atomic E-state index is 13.0. The van der Waals surface area contributed by atoms with Crippen LogP contribution < -0.4 is 10.6 Å². The van der Waals surface area contributed by atoms with Crippen LogP contribution in [-0.2, 0) is 17.9 Å². The lowest BCUT2D eigenvalue weighted by Crippen LogP contribution is -2.45. The summed E-state index contributed by atoms with van der Waals surface area (Å²) < 4.78 is 0. The number of carbonyl (C=O) groups excluding carboxylic acids is 2. The molecule has 7 heteroatoms. The summed E-state index contributed by atoms with van der Waals surface area (Å²) in [5.41, 5.74) is 2.37. The molecule has 2 heterocycles. The standard InChI is InChI=1S/C24H35N5O2/c30-23-10-5-12-29-15-14-28(18-20-7-4-6-19(16-20)17-25-23)13-11-22(27-24(29)31)26-21-8-2-1-3-9-21/h4,6-7,16,21H,1-3,5,8-15,17-18H2,(H,25,30)(H,26,27,31). The number of fused-ring (bicyclic) bond motifs is 5. The van der Waals surface area contributed by atoms with E-state index in [9.17, 15) is 9.59 Å². The highest BCUT2D eigenvalue weighted by Crippen LogP contribution is 2.21. The fraction of sp³-hybridized carbons (Fsp3) is 0.625. The van der Waals surface area contributed by atoms with Gasteiger partial charge in [0.15, 0.2) is 0 Å². The van der Waals surface area contributed by atoms with Crippen molar-refractivity contribution in [3.8, 4) is 0 Å². The molecule has 2 N–H and O–H groups in total. The Bertz CT molecular complexity index is 803. The van der Waals surface area contributed by atoms with Crippen molar-refractivity contribution in [3.63, 3.8) is 0 Å². The number of hydrogen-bond acceptors (Lipinski definition) is 4. The summed E-state index contributed by atoms with van der Waals surface area (Å²) in [6, 6.07) is 8.70. The normalized spacial score (nSPS) is 25.7.